The van der Waals surface area contributed by atoms with Crippen molar-refractivity contribution in [2.24, 2.45) is 0 Å². The van der Waals surface area contributed by atoms with Gasteiger partial charge >= 0.3 is 0 Å². The van der Waals surface area contributed by atoms with Gasteiger partial charge < -0.3 is 0 Å². The van der Waals surface area contributed by atoms with E-state index >= 15 is 0 Å². The fourth-order valence-corrected chi connectivity index (χ4v) is 5.03. The SMILES string of the molecule is Cc1cc(CCc2csc(CCc3ccc(C)s3)c2)cs1. The molecule has 0 saturated heterocycles. The average molecular weight is 333 g/mol. The molecule has 3 heterocycles. The van der Waals surface area contributed by atoms with Gasteiger partial charge in [-0.3, -0.25) is 0 Å². The first kappa shape index (κ1) is 15.0. The molecule has 0 bridgehead atoms. The van der Waals surface area contributed by atoms with Gasteiger partial charge in [0.25, 0.3) is 0 Å². The minimum atomic E-state index is 1.17. The highest BCUT2D eigenvalue weighted by molar-refractivity contribution is 7.12. The fraction of sp³-hybridized carbons (Fsp3) is 0.333. The highest BCUT2D eigenvalue weighted by atomic mass is 32.1. The molecule has 0 spiro atoms. The molecule has 3 aromatic rings. The third kappa shape index (κ3) is 4.29. The number of thiophene rings is 3. The van der Waals surface area contributed by atoms with Gasteiger partial charge in [0, 0.05) is 19.5 Å². The lowest BCUT2D eigenvalue weighted by molar-refractivity contribution is 0.960. The molecule has 0 aliphatic heterocycles. The van der Waals surface area contributed by atoms with E-state index in [0.29, 0.717) is 0 Å². The number of hydrogen-bond donors (Lipinski definition) is 0. The van der Waals surface area contributed by atoms with Crippen LogP contribution in [0.5, 0.6) is 0 Å². The third-order valence-corrected chi connectivity index (χ3v) is 6.63. The predicted octanol–water partition coefficient (Wildman–Crippen LogP) is 6.06. The van der Waals surface area contributed by atoms with E-state index in [9.17, 15) is 0 Å². The predicted molar refractivity (Wildman–Crippen MR) is 97.2 cm³/mol. The normalized spacial score (nSPS) is 11.1. The highest BCUT2D eigenvalue weighted by Gasteiger charge is 2.04. The van der Waals surface area contributed by atoms with E-state index in [4.69, 9.17) is 0 Å². The van der Waals surface area contributed by atoms with Crippen LogP contribution in [-0.2, 0) is 25.7 Å². The highest BCUT2D eigenvalue weighted by Crippen LogP contribution is 2.22. The van der Waals surface area contributed by atoms with Crippen LogP contribution in [0.25, 0.3) is 0 Å². The molecule has 0 amide bonds. The van der Waals surface area contributed by atoms with Gasteiger partial charge in [0.15, 0.2) is 0 Å². The first-order chi connectivity index (χ1) is 10.2. The minimum absolute atomic E-state index is 1.17. The maximum atomic E-state index is 2.41. The van der Waals surface area contributed by atoms with E-state index in [0.717, 1.165) is 0 Å². The van der Waals surface area contributed by atoms with Crippen molar-refractivity contribution in [3.63, 3.8) is 0 Å². The van der Waals surface area contributed by atoms with Gasteiger partial charge in [0.1, 0.15) is 0 Å². The molecule has 0 aliphatic rings. The van der Waals surface area contributed by atoms with Crippen LogP contribution < -0.4 is 0 Å². The zero-order valence-corrected chi connectivity index (χ0v) is 15.0. The van der Waals surface area contributed by atoms with Gasteiger partial charge in [-0.2, -0.15) is 0 Å². The van der Waals surface area contributed by atoms with Crippen molar-refractivity contribution in [1.82, 2.24) is 0 Å². The van der Waals surface area contributed by atoms with Crippen molar-refractivity contribution in [3.05, 3.63) is 65.7 Å². The third-order valence-electron chi connectivity index (χ3n) is 3.61. The molecule has 0 nitrogen and oxygen atoms in total. The van der Waals surface area contributed by atoms with Crippen LogP contribution in [-0.4, -0.2) is 0 Å². The summed E-state index contributed by atoms with van der Waals surface area (Å²) in [4.78, 5) is 5.87. The molecule has 3 heteroatoms. The molecule has 0 atom stereocenters. The molecule has 110 valence electrons. The summed E-state index contributed by atoms with van der Waals surface area (Å²) in [6.07, 6.45) is 4.71. The van der Waals surface area contributed by atoms with E-state index in [1.54, 1.807) is 0 Å². The molecule has 0 N–H and O–H groups in total. The fourth-order valence-electron chi connectivity index (χ4n) is 2.47. The number of aryl methyl sites for hydroxylation is 6. The summed E-state index contributed by atoms with van der Waals surface area (Å²) < 4.78 is 0. The molecule has 0 aromatic carbocycles. The van der Waals surface area contributed by atoms with Gasteiger partial charge in [-0.15, -0.1) is 34.0 Å². The largest absolute Gasteiger partial charge is 0.149 e. The monoisotopic (exact) mass is 332 g/mol. The molecule has 3 aromatic heterocycles. The Kier molecular flexibility index (Phi) is 4.94. The van der Waals surface area contributed by atoms with Crippen LogP contribution in [0, 0.1) is 13.8 Å². The summed E-state index contributed by atoms with van der Waals surface area (Å²) >= 11 is 5.71. The van der Waals surface area contributed by atoms with Crippen molar-refractivity contribution in [2.45, 2.75) is 39.5 Å². The topological polar surface area (TPSA) is 0 Å². The lowest BCUT2D eigenvalue weighted by Crippen LogP contribution is -1.88. The Labute approximate surface area is 139 Å². The average Bonchev–Trinajstić information content (AvgIpc) is 3.16. The number of hydrogen-bond acceptors (Lipinski definition) is 3. The summed E-state index contributed by atoms with van der Waals surface area (Å²) in [5, 5.41) is 4.63. The second-order valence-electron chi connectivity index (χ2n) is 5.50. The van der Waals surface area contributed by atoms with Crippen molar-refractivity contribution < 1.29 is 0 Å². The van der Waals surface area contributed by atoms with Crippen molar-refractivity contribution in [3.8, 4) is 0 Å². The maximum absolute atomic E-state index is 2.41. The Morgan fingerprint density at radius 3 is 2.10 bits per heavy atom. The molecule has 3 rings (SSSR count). The van der Waals surface area contributed by atoms with Gasteiger partial charge in [-0.05, 0) is 85.7 Å². The minimum Gasteiger partial charge on any atom is -0.149 e. The van der Waals surface area contributed by atoms with E-state index in [-0.39, 0.29) is 0 Å². The maximum Gasteiger partial charge on any atom is 0.00516 e. The van der Waals surface area contributed by atoms with Gasteiger partial charge in [-0.1, -0.05) is 0 Å². The molecule has 0 unspecified atom stereocenters. The summed E-state index contributed by atoms with van der Waals surface area (Å²) in [5.74, 6) is 0. The van der Waals surface area contributed by atoms with Crippen molar-refractivity contribution in [2.75, 3.05) is 0 Å². The van der Waals surface area contributed by atoms with Gasteiger partial charge in [0.2, 0.25) is 0 Å². The summed E-state index contributed by atoms with van der Waals surface area (Å²) in [7, 11) is 0. The Hall–Kier alpha value is -0.900. The van der Waals surface area contributed by atoms with Gasteiger partial charge in [0.05, 0.1) is 0 Å². The lowest BCUT2D eigenvalue weighted by atomic mass is 10.1. The molecule has 0 saturated carbocycles. The zero-order valence-electron chi connectivity index (χ0n) is 12.5. The van der Waals surface area contributed by atoms with Crippen LogP contribution in [0.4, 0.5) is 0 Å². The second-order valence-corrected chi connectivity index (χ2v) is 8.98. The van der Waals surface area contributed by atoms with Crippen molar-refractivity contribution in [1.29, 1.82) is 0 Å². The Balaban J connectivity index is 1.51. The molecule has 21 heavy (non-hydrogen) atoms. The Morgan fingerprint density at radius 2 is 1.43 bits per heavy atom. The summed E-state index contributed by atoms with van der Waals surface area (Å²) in [6.45, 7) is 4.37. The molecule has 0 radical (unpaired) electrons. The van der Waals surface area contributed by atoms with Crippen molar-refractivity contribution >= 4 is 34.0 Å². The summed E-state index contributed by atoms with van der Waals surface area (Å²) in [6, 6.07) is 9.22. The lowest BCUT2D eigenvalue weighted by Gasteiger charge is -1.96. The van der Waals surface area contributed by atoms with Crippen LogP contribution in [0.1, 0.15) is 30.6 Å². The Morgan fingerprint density at radius 1 is 0.714 bits per heavy atom. The quantitative estimate of drug-likeness (QED) is 0.515. The first-order valence-electron chi connectivity index (χ1n) is 7.34. The molecular formula is C18H20S3. The molecular weight excluding hydrogens is 312 g/mol. The van der Waals surface area contributed by atoms with Crippen LogP contribution in [0.3, 0.4) is 0 Å². The first-order valence-corrected chi connectivity index (χ1v) is 9.92. The van der Waals surface area contributed by atoms with Crippen LogP contribution in [0.2, 0.25) is 0 Å². The van der Waals surface area contributed by atoms with E-state index < -0.39 is 0 Å². The Bertz CT molecular complexity index is 641. The standard InChI is InChI=1S/C18H20S3/c1-13-3-6-17(21-13)7-8-18-10-16(12-20-18)5-4-15-9-14(2)19-11-15/h3,6,9-12H,4-5,7-8H2,1-2H3. The van der Waals surface area contributed by atoms with E-state index in [2.05, 4.69) is 48.9 Å². The molecule has 0 aliphatic carbocycles. The van der Waals surface area contributed by atoms with Crippen LogP contribution >= 0.6 is 34.0 Å². The number of rotatable bonds is 6. The zero-order chi connectivity index (χ0) is 14.7. The van der Waals surface area contributed by atoms with E-state index in [1.165, 1.54) is 56.3 Å². The van der Waals surface area contributed by atoms with Crippen LogP contribution in [0.15, 0.2) is 35.0 Å². The van der Waals surface area contributed by atoms with Gasteiger partial charge in [-0.25, -0.2) is 0 Å². The summed E-state index contributed by atoms with van der Waals surface area (Å²) in [5.41, 5.74) is 2.99. The van der Waals surface area contributed by atoms with E-state index in [1.807, 2.05) is 34.0 Å². The second kappa shape index (κ2) is 6.91. The molecule has 0 fully saturated rings. The smallest absolute Gasteiger partial charge is 0.00516 e.